The van der Waals surface area contributed by atoms with Gasteiger partial charge >= 0.3 is 6.18 Å². The molecule has 0 atom stereocenters. The van der Waals surface area contributed by atoms with Gasteiger partial charge in [0.15, 0.2) is 0 Å². The van der Waals surface area contributed by atoms with Crippen LogP contribution in [0.2, 0.25) is 0 Å². The number of nitrogens with zero attached hydrogens (tertiary/aromatic N) is 1. The van der Waals surface area contributed by atoms with Crippen molar-refractivity contribution in [1.82, 2.24) is 4.90 Å². The highest BCUT2D eigenvalue weighted by atomic mass is 19.4. The van der Waals surface area contributed by atoms with E-state index in [1.54, 1.807) is 4.90 Å². The molecule has 0 spiro atoms. The number of hydrogen-bond donors (Lipinski definition) is 2. The van der Waals surface area contributed by atoms with Gasteiger partial charge in [-0.15, -0.1) is 0 Å². The molecule has 0 unspecified atom stereocenters. The van der Waals surface area contributed by atoms with Crippen molar-refractivity contribution in [3.63, 3.8) is 0 Å². The maximum absolute atomic E-state index is 12.7. The summed E-state index contributed by atoms with van der Waals surface area (Å²) in [7, 11) is 0. The van der Waals surface area contributed by atoms with Crippen molar-refractivity contribution in [1.29, 1.82) is 0 Å². The molecule has 0 fully saturated rings. The van der Waals surface area contributed by atoms with Gasteiger partial charge in [0.05, 0.1) is 12.1 Å². The van der Waals surface area contributed by atoms with Crippen LogP contribution < -0.4 is 5.73 Å². The first-order chi connectivity index (χ1) is 9.74. The zero-order chi connectivity index (χ0) is 16.0. The number of primary amides is 1. The number of carbonyl (C=O) groups is 1. The Hall–Kier alpha value is -1.76. The molecule has 4 nitrogen and oxygen atoms in total. The van der Waals surface area contributed by atoms with E-state index in [-0.39, 0.29) is 13.1 Å². The molecule has 21 heavy (non-hydrogen) atoms. The standard InChI is InChI=1S/C14H19F3N2O2/c1-2-3-6-19(9-13(18)21)8-10-4-5-12(20)11(7-10)14(15,16)17/h4-5,7,20H,2-3,6,8-9H2,1H3,(H2,18,21). The van der Waals surface area contributed by atoms with E-state index in [1.807, 2.05) is 6.92 Å². The largest absolute Gasteiger partial charge is 0.507 e. The molecule has 0 aromatic heterocycles. The molecule has 0 saturated heterocycles. The average Bonchev–Trinajstić information content (AvgIpc) is 2.36. The van der Waals surface area contributed by atoms with Crippen molar-refractivity contribution >= 4 is 5.91 Å². The van der Waals surface area contributed by atoms with Gasteiger partial charge in [-0.25, -0.2) is 0 Å². The van der Waals surface area contributed by atoms with Crippen molar-refractivity contribution in [3.05, 3.63) is 29.3 Å². The minimum absolute atomic E-state index is 0.0117. The Labute approximate surface area is 121 Å². The topological polar surface area (TPSA) is 66.6 Å². The fourth-order valence-electron chi connectivity index (χ4n) is 1.98. The molecule has 1 aromatic rings. The average molecular weight is 304 g/mol. The van der Waals surface area contributed by atoms with E-state index in [4.69, 9.17) is 5.73 Å². The molecule has 0 aliphatic heterocycles. The maximum atomic E-state index is 12.7. The molecular weight excluding hydrogens is 285 g/mol. The van der Waals surface area contributed by atoms with Crippen LogP contribution in [0.15, 0.2) is 18.2 Å². The lowest BCUT2D eigenvalue weighted by Crippen LogP contribution is -2.34. The number of unbranched alkanes of at least 4 members (excludes halogenated alkanes) is 1. The predicted octanol–water partition coefficient (Wildman–Crippen LogP) is 2.50. The van der Waals surface area contributed by atoms with Crippen molar-refractivity contribution in [2.75, 3.05) is 13.1 Å². The van der Waals surface area contributed by atoms with Gasteiger partial charge in [-0.2, -0.15) is 13.2 Å². The first kappa shape index (κ1) is 17.3. The van der Waals surface area contributed by atoms with Crippen molar-refractivity contribution in [2.24, 2.45) is 5.73 Å². The number of phenolic OH excluding ortho intramolecular Hbond substituents is 1. The van der Waals surface area contributed by atoms with Gasteiger partial charge in [0.25, 0.3) is 0 Å². The van der Waals surface area contributed by atoms with Crippen LogP contribution in [0, 0.1) is 0 Å². The number of aromatic hydroxyl groups is 1. The fraction of sp³-hybridized carbons (Fsp3) is 0.500. The summed E-state index contributed by atoms with van der Waals surface area (Å²) in [5, 5.41) is 9.28. The summed E-state index contributed by atoms with van der Waals surface area (Å²) in [5.41, 5.74) is 4.44. The Kier molecular flexibility index (Phi) is 6.02. The van der Waals surface area contributed by atoms with E-state index in [0.717, 1.165) is 25.0 Å². The number of alkyl halides is 3. The van der Waals surface area contributed by atoms with Crippen molar-refractivity contribution < 1.29 is 23.1 Å². The Morgan fingerprint density at radius 3 is 2.57 bits per heavy atom. The number of phenols is 1. The van der Waals surface area contributed by atoms with Crippen molar-refractivity contribution in [3.8, 4) is 5.75 Å². The monoisotopic (exact) mass is 304 g/mol. The Morgan fingerprint density at radius 1 is 1.38 bits per heavy atom. The summed E-state index contributed by atoms with van der Waals surface area (Å²) < 4.78 is 38.2. The molecule has 0 aliphatic carbocycles. The third kappa shape index (κ3) is 5.63. The summed E-state index contributed by atoms with van der Waals surface area (Å²) in [6.45, 7) is 2.71. The zero-order valence-electron chi connectivity index (χ0n) is 11.8. The molecular formula is C14H19F3N2O2. The number of nitrogens with two attached hydrogens (primary N) is 1. The van der Waals surface area contributed by atoms with E-state index >= 15 is 0 Å². The minimum atomic E-state index is -4.61. The molecule has 0 bridgehead atoms. The second-order valence-corrected chi connectivity index (χ2v) is 4.88. The summed E-state index contributed by atoms with van der Waals surface area (Å²) >= 11 is 0. The first-order valence-electron chi connectivity index (χ1n) is 6.63. The van der Waals surface area contributed by atoms with Crippen LogP contribution in [0.3, 0.4) is 0 Å². The molecule has 1 aromatic carbocycles. The van der Waals surface area contributed by atoms with Gasteiger partial charge in [-0.05, 0) is 30.7 Å². The highest BCUT2D eigenvalue weighted by molar-refractivity contribution is 5.75. The number of halogens is 3. The number of benzene rings is 1. The van der Waals surface area contributed by atoms with Gasteiger partial charge < -0.3 is 10.8 Å². The Morgan fingerprint density at radius 2 is 2.05 bits per heavy atom. The molecule has 0 heterocycles. The molecule has 0 aliphatic rings. The quantitative estimate of drug-likeness (QED) is 0.813. The molecule has 7 heteroatoms. The first-order valence-corrected chi connectivity index (χ1v) is 6.63. The lowest BCUT2D eigenvalue weighted by Gasteiger charge is -2.21. The minimum Gasteiger partial charge on any atom is -0.507 e. The number of hydrogen-bond acceptors (Lipinski definition) is 3. The summed E-state index contributed by atoms with van der Waals surface area (Å²) in [6.07, 6.45) is -2.89. The lowest BCUT2D eigenvalue weighted by atomic mass is 10.1. The number of rotatable bonds is 7. The maximum Gasteiger partial charge on any atom is 0.419 e. The molecule has 0 saturated carbocycles. The summed E-state index contributed by atoms with van der Waals surface area (Å²) in [4.78, 5) is 12.7. The van der Waals surface area contributed by atoms with E-state index in [0.29, 0.717) is 12.1 Å². The third-order valence-electron chi connectivity index (χ3n) is 2.98. The van der Waals surface area contributed by atoms with E-state index in [2.05, 4.69) is 0 Å². The predicted molar refractivity (Wildman–Crippen MR) is 72.5 cm³/mol. The number of amides is 1. The molecule has 1 rings (SSSR count). The summed E-state index contributed by atoms with van der Waals surface area (Å²) in [5.74, 6) is -1.33. The normalized spacial score (nSPS) is 11.9. The van der Waals surface area contributed by atoms with Crippen LogP contribution in [-0.4, -0.2) is 29.0 Å². The van der Waals surface area contributed by atoms with Gasteiger partial charge in [0.2, 0.25) is 5.91 Å². The Bertz CT molecular complexity index is 490. The molecule has 0 radical (unpaired) electrons. The van der Waals surface area contributed by atoms with Gasteiger partial charge in [0.1, 0.15) is 5.75 Å². The van der Waals surface area contributed by atoms with Crippen LogP contribution >= 0.6 is 0 Å². The lowest BCUT2D eigenvalue weighted by molar-refractivity contribution is -0.138. The Balaban J connectivity index is 2.90. The van der Waals surface area contributed by atoms with Crippen LogP contribution in [-0.2, 0) is 17.5 Å². The highest BCUT2D eigenvalue weighted by Crippen LogP contribution is 2.36. The van der Waals surface area contributed by atoms with Gasteiger partial charge in [-0.3, -0.25) is 9.69 Å². The fourth-order valence-corrected chi connectivity index (χ4v) is 1.98. The summed E-state index contributed by atoms with van der Waals surface area (Å²) in [6, 6.07) is 3.32. The SMILES string of the molecule is CCCCN(CC(N)=O)Cc1ccc(O)c(C(F)(F)F)c1. The third-order valence-corrected chi connectivity index (χ3v) is 2.98. The van der Waals surface area contributed by atoms with Gasteiger partial charge in [-0.1, -0.05) is 19.4 Å². The van der Waals surface area contributed by atoms with Crippen molar-refractivity contribution in [2.45, 2.75) is 32.5 Å². The second kappa shape index (κ2) is 7.31. The van der Waals surface area contributed by atoms with E-state index < -0.39 is 23.4 Å². The van der Waals surface area contributed by atoms with Crippen LogP contribution in [0.25, 0.3) is 0 Å². The van der Waals surface area contributed by atoms with E-state index in [9.17, 15) is 23.1 Å². The molecule has 1 amide bonds. The molecule has 3 N–H and O–H groups in total. The van der Waals surface area contributed by atoms with Crippen LogP contribution in [0.1, 0.15) is 30.9 Å². The zero-order valence-corrected chi connectivity index (χ0v) is 11.8. The van der Waals surface area contributed by atoms with Crippen LogP contribution in [0.5, 0.6) is 5.75 Å². The second-order valence-electron chi connectivity index (χ2n) is 4.88. The van der Waals surface area contributed by atoms with Crippen LogP contribution in [0.4, 0.5) is 13.2 Å². The molecule has 118 valence electrons. The highest BCUT2D eigenvalue weighted by Gasteiger charge is 2.34. The van der Waals surface area contributed by atoms with E-state index in [1.165, 1.54) is 6.07 Å². The van der Waals surface area contributed by atoms with Gasteiger partial charge in [0, 0.05) is 6.54 Å². The smallest absolute Gasteiger partial charge is 0.419 e. The number of carbonyl (C=O) groups excluding carboxylic acids is 1.